The number of aryl methyl sites for hydroxylation is 1. The number of anilines is 1. The van der Waals surface area contributed by atoms with E-state index in [0.717, 1.165) is 54.3 Å². The van der Waals surface area contributed by atoms with Crippen LogP contribution in [-0.2, 0) is 11.2 Å². The minimum atomic E-state index is -0.545. The van der Waals surface area contributed by atoms with Gasteiger partial charge in [0.2, 0.25) is 5.91 Å². The number of halogens is 1. The molecule has 0 aliphatic carbocycles. The molecule has 4 rings (SSSR count). The van der Waals surface area contributed by atoms with Gasteiger partial charge in [0.25, 0.3) is 0 Å². The van der Waals surface area contributed by atoms with E-state index in [-0.39, 0.29) is 5.91 Å². The Kier molecular flexibility index (Phi) is 6.14. The molecular formula is C23H29ClN6O. The van der Waals surface area contributed by atoms with Crippen molar-refractivity contribution in [2.24, 2.45) is 5.41 Å². The summed E-state index contributed by atoms with van der Waals surface area (Å²) in [6.45, 7) is 8.68. The second-order valence-corrected chi connectivity index (χ2v) is 8.91. The molecule has 8 heteroatoms. The predicted molar refractivity (Wildman–Crippen MR) is 124 cm³/mol. The number of benzene rings is 1. The molecule has 0 N–H and O–H groups in total. The summed E-state index contributed by atoms with van der Waals surface area (Å²) in [6, 6.07) is 10.0. The molecule has 0 radical (unpaired) electrons. The van der Waals surface area contributed by atoms with Crippen LogP contribution >= 0.6 is 11.6 Å². The number of alkyl halides is 1. The summed E-state index contributed by atoms with van der Waals surface area (Å²) < 4.78 is 1.88. The summed E-state index contributed by atoms with van der Waals surface area (Å²) in [5, 5.41) is 5.55. The summed E-state index contributed by atoms with van der Waals surface area (Å²) >= 11 is 6.01. The first kappa shape index (κ1) is 21.6. The summed E-state index contributed by atoms with van der Waals surface area (Å²) in [6.07, 6.45) is 3.63. The van der Waals surface area contributed by atoms with Gasteiger partial charge in [-0.05, 0) is 32.4 Å². The Morgan fingerprint density at radius 2 is 1.81 bits per heavy atom. The van der Waals surface area contributed by atoms with Crippen LogP contribution in [0.25, 0.3) is 16.7 Å². The molecule has 164 valence electrons. The van der Waals surface area contributed by atoms with E-state index in [0.29, 0.717) is 19.0 Å². The predicted octanol–water partition coefficient (Wildman–Crippen LogP) is 3.68. The van der Waals surface area contributed by atoms with Crippen molar-refractivity contribution in [1.29, 1.82) is 0 Å². The normalized spacial score (nSPS) is 15.0. The van der Waals surface area contributed by atoms with E-state index in [2.05, 4.69) is 16.9 Å². The summed E-state index contributed by atoms with van der Waals surface area (Å²) in [5.41, 5.74) is 1.25. The highest BCUT2D eigenvalue weighted by molar-refractivity contribution is 6.19. The van der Waals surface area contributed by atoms with Crippen LogP contribution in [0.2, 0.25) is 0 Å². The highest BCUT2D eigenvalue weighted by atomic mass is 35.5. The zero-order valence-corrected chi connectivity index (χ0v) is 19.1. The number of carbonyl (C=O) groups excluding carboxylic acids is 1. The van der Waals surface area contributed by atoms with Crippen LogP contribution in [0, 0.1) is 5.41 Å². The molecular weight excluding hydrogens is 412 g/mol. The van der Waals surface area contributed by atoms with Crippen LogP contribution in [-0.4, -0.2) is 62.6 Å². The van der Waals surface area contributed by atoms with Crippen molar-refractivity contribution in [3.05, 3.63) is 42.4 Å². The van der Waals surface area contributed by atoms with Crippen molar-refractivity contribution < 1.29 is 4.79 Å². The molecule has 0 saturated carbocycles. The van der Waals surface area contributed by atoms with E-state index in [1.54, 1.807) is 0 Å². The van der Waals surface area contributed by atoms with E-state index in [1.807, 2.05) is 60.0 Å². The quantitative estimate of drug-likeness (QED) is 0.547. The third-order valence-electron chi connectivity index (χ3n) is 5.71. The molecule has 1 amide bonds. The van der Waals surface area contributed by atoms with Crippen LogP contribution in [0.4, 0.5) is 5.82 Å². The van der Waals surface area contributed by atoms with Gasteiger partial charge in [-0.15, -0.1) is 11.6 Å². The van der Waals surface area contributed by atoms with Crippen LogP contribution in [0.15, 0.2) is 36.5 Å². The van der Waals surface area contributed by atoms with E-state index in [1.165, 1.54) is 0 Å². The summed E-state index contributed by atoms with van der Waals surface area (Å²) in [4.78, 5) is 26.7. The fourth-order valence-corrected chi connectivity index (χ4v) is 3.99. The Hall–Kier alpha value is -2.67. The van der Waals surface area contributed by atoms with Gasteiger partial charge in [0.1, 0.15) is 11.6 Å². The molecule has 1 saturated heterocycles. The second kappa shape index (κ2) is 8.83. The summed E-state index contributed by atoms with van der Waals surface area (Å²) in [5.74, 6) is 2.15. The minimum absolute atomic E-state index is 0.110. The number of hydrogen-bond donors (Lipinski definition) is 0. The SMILES string of the molecule is CCCc1nc(N2CCN(C(=O)C(C)(C)CCl)CC2)c2cnn(-c3ccccc3)c2n1. The van der Waals surface area contributed by atoms with E-state index < -0.39 is 5.41 Å². The lowest BCUT2D eigenvalue weighted by Crippen LogP contribution is -2.52. The van der Waals surface area contributed by atoms with Crippen LogP contribution in [0.3, 0.4) is 0 Å². The molecule has 0 bridgehead atoms. The largest absolute Gasteiger partial charge is 0.352 e. The molecule has 1 fully saturated rings. The standard InChI is InChI=1S/C23H29ClN6O/c1-4-8-19-26-20(28-11-13-29(14-12-28)22(31)23(2,3)16-24)18-15-25-30(21(18)27-19)17-9-6-5-7-10-17/h5-7,9-10,15H,4,8,11-14,16H2,1-3H3. The van der Waals surface area contributed by atoms with E-state index in [4.69, 9.17) is 21.6 Å². The van der Waals surface area contributed by atoms with Gasteiger partial charge in [-0.1, -0.05) is 25.1 Å². The first-order valence-corrected chi connectivity index (χ1v) is 11.4. The number of hydrogen-bond acceptors (Lipinski definition) is 5. The highest BCUT2D eigenvalue weighted by Gasteiger charge is 2.33. The van der Waals surface area contributed by atoms with Crippen LogP contribution in [0.1, 0.15) is 33.0 Å². The monoisotopic (exact) mass is 440 g/mol. The number of carbonyl (C=O) groups is 1. The molecule has 7 nitrogen and oxygen atoms in total. The fourth-order valence-electron chi connectivity index (χ4n) is 3.88. The van der Waals surface area contributed by atoms with Crippen molar-refractivity contribution in [3.8, 4) is 5.69 Å². The molecule has 1 aromatic carbocycles. The molecule has 0 spiro atoms. The number of nitrogens with zero attached hydrogens (tertiary/aromatic N) is 6. The fraction of sp³-hybridized carbons (Fsp3) is 0.478. The van der Waals surface area contributed by atoms with Gasteiger partial charge < -0.3 is 9.80 Å². The van der Waals surface area contributed by atoms with E-state index >= 15 is 0 Å². The maximum atomic E-state index is 12.8. The molecule has 31 heavy (non-hydrogen) atoms. The topological polar surface area (TPSA) is 67.2 Å². The van der Waals surface area contributed by atoms with Gasteiger partial charge >= 0.3 is 0 Å². The van der Waals surface area contributed by atoms with Gasteiger partial charge in [0.05, 0.1) is 22.7 Å². The van der Waals surface area contributed by atoms with Crippen LogP contribution in [0.5, 0.6) is 0 Å². The average molecular weight is 441 g/mol. The Morgan fingerprint density at radius 3 is 2.45 bits per heavy atom. The van der Waals surface area contributed by atoms with Crippen molar-refractivity contribution in [3.63, 3.8) is 0 Å². The highest BCUT2D eigenvalue weighted by Crippen LogP contribution is 2.28. The number of fused-ring (bicyclic) bond motifs is 1. The molecule has 0 unspecified atom stereocenters. The van der Waals surface area contributed by atoms with E-state index in [9.17, 15) is 4.79 Å². The van der Waals surface area contributed by atoms with Crippen molar-refractivity contribution >= 4 is 34.4 Å². The third-order valence-corrected chi connectivity index (χ3v) is 6.38. The molecule has 0 atom stereocenters. The lowest BCUT2D eigenvalue weighted by Gasteiger charge is -2.38. The Morgan fingerprint density at radius 1 is 1.10 bits per heavy atom. The maximum absolute atomic E-state index is 12.8. The first-order chi connectivity index (χ1) is 14.9. The Balaban J connectivity index is 1.65. The van der Waals surface area contributed by atoms with Crippen molar-refractivity contribution in [2.45, 2.75) is 33.6 Å². The Bertz CT molecular complexity index is 1060. The third kappa shape index (κ3) is 4.24. The van der Waals surface area contributed by atoms with Crippen molar-refractivity contribution in [1.82, 2.24) is 24.6 Å². The number of amides is 1. The first-order valence-electron chi connectivity index (χ1n) is 10.8. The Labute approximate surface area is 188 Å². The summed E-state index contributed by atoms with van der Waals surface area (Å²) in [7, 11) is 0. The average Bonchev–Trinajstić information content (AvgIpc) is 3.23. The van der Waals surface area contributed by atoms with Crippen LogP contribution < -0.4 is 4.90 Å². The molecule has 1 aliphatic heterocycles. The number of aromatic nitrogens is 4. The maximum Gasteiger partial charge on any atom is 0.229 e. The van der Waals surface area contributed by atoms with Gasteiger partial charge in [0.15, 0.2) is 5.65 Å². The van der Waals surface area contributed by atoms with Gasteiger partial charge in [-0.25, -0.2) is 14.6 Å². The lowest BCUT2D eigenvalue weighted by molar-refractivity contribution is -0.139. The molecule has 2 aromatic heterocycles. The zero-order chi connectivity index (χ0) is 22.0. The molecule has 3 aromatic rings. The number of para-hydroxylation sites is 1. The second-order valence-electron chi connectivity index (χ2n) is 8.64. The smallest absolute Gasteiger partial charge is 0.229 e. The lowest BCUT2D eigenvalue weighted by atomic mass is 9.94. The van der Waals surface area contributed by atoms with Gasteiger partial charge in [-0.2, -0.15) is 5.10 Å². The van der Waals surface area contributed by atoms with Crippen molar-refractivity contribution in [2.75, 3.05) is 37.0 Å². The van der Waals surface area contributed by atoms with Gasteiger partial charge in [-0.3, -0.25) is 4.79 Å². The minimum Gasteiger partial charge on any atom is -0.352 e. The zero-order valence-electron chi connectivity index (χ0n) is 18.4. The number of rotatable bonds is 6. The molecule has 1 aliphatic rings. The van der Waals surface area contributed by atoms with Gasteiger partial charge in [0, 0.05) is 38.5 Å². The molecule has 3 heterocycles. The number of piperazine rings is 1.